The standard InChI is InChI=1S/C12H17N5O/c1-9-4-6-13-17(9)7-5-12(18)15-11-8-14-16(3)10(11)2/h4,6,8H,5,7H2,1-3H3,(H,15,18). The van der Waals surface area contributed by atoms with Gasteiger partial charge in [-0.25, -0.2) is 0 Å². The molecule has 1 amide bonds. The zero-order valence-electron chi connectivity index (χ0n) is 10.8. The molecule has 0 saturated heterocycles. The number of hydrogen-bond donors (Lipinski definition) is 1. The van der Waals surface area contributed by atoms with Crippen LogP contribution >= 0.6 is 0 Å². The number of nitrogens with one attached hydrogen (secondary N) is 1. The molecule has 2 heterocycles. The van der Waals surface area contributed by atoms with Gasteiger partial charge in [0.15, 0.2) is 0 Å². The van der Waals surface area contributed by atoms with Gasteiger partial charge in [-0.2, -0.15) is 10.2 Å². The molecule has 0 bridgehead atoms. The van der Waals surface area contributed by atoms with Crippen molar-refractivity contribution in [3.63, 3.8) is 0 Å². The van der Waals surface area contributed by atoms with E-state index in [9.17, 15) is 4.79 Å². The van der Waals surface area contributed by atoms with E-state index in [-0.39, 0.29) is 5.91 Å². The number of aromatic nitrogens is 4. The number of anilines is 1. The molecule has 0 saturated carbocycles. The molecule has 0 unspecified atom stereocenters. The summed E-state index contributed by atoms with van der Waals surface area (Å²) < 4.78 is 3.54. The Kier molecular flexibility index (Phi) is 3.45. The number of rotatable bonds is 4. The van der Waals surface area contributed by atoms with E-state index in [0.717, 1.165) is 17.1 Å². The minimum Gasteiger partial charge on any atom is -0.323 e. The molecule has 6 nitrogen and oxygen atoms in total. The highest BCUT2D eigenvalue weighted by molar-refractivity contribution is 5.91. The average molecular weight is 247 g/mol. The molecule has 18 heavy (non-hydrogen) atoms. The molecular weight excluding hydrogens is 230 g/mol. The Bertz CT molecular complexity index is 555. The molecule has 0 radical (unpaired) electrons. The van der Waals surface area contributed by atoms with Gasteiger partial charge in [0.25, 0.3) is 0 Å². The van der Waals surface area contributed by atoms with Crippen LogP contribution in [0.1, 0.15) is 17.8 Å². The van der Waals surface area contributed by atoms with Gasteiger partial charge in [-0.3, -0.25) is 14.2 Å². The van der Waals surface area contributed by atoms with Crippen molar-refractivity contribution < 1.29 is 4.79 Å². The third kappa shape index (κ3) is 2.58. The van der Waals surface area contributed by atoms with E-state index in [1.807, 2.05) is 31.6 Å². The second kappa shape index (κ2) is 5.03. The van der Waals surface area contributed by atoms with Gasteiger partial charge in [-0.05, 0) is 19.9 Å². The monoisotopic (exact) mass is 247 g/mol. The fourth-order valence-electron chi connectivity index (χ4n) is 1.67. The van der Waals surface area contributed by atoms with Gasteiger partial charge in [0.2, 0.25) is 5.91 Å². The molecule has 96 valence electrons. The number of aryl methyl sites for hydroxylation is 3. The zero-order chi connectivity index (χ0) is 13.1. The van der Waals surface area contributed by atoms with Crippen LogP contribution in [0.25, 0.3) is 0 Å². The topological polar surface area (TPSA) is 64.7 Å². The Morgan fingerprint density at radius 3 is 2.72 bits per heavy atom. The maximum Gasteiger partial charge on any atom is 0.226 e. The van der Waals surface area contributed by atoms with Crippen molar-refractivity contribution in [1.29, 1.82) is 0 Å². The molecule has 0 fully saturated rings. The summed E-state index contributed by atoms with van der Waals surface area (Å²) in [5, 5.41) is 11.1. The molecule has 2 aromatic heterocycles. The van der Waals surface area contributed by atoms with Crippen molar-refractivity contribution in [1.82, 2.24) is 19.6 Å². The fraction of sp³-hybridized carbons (Fsp3) is 0.417. The Morgan fingerprint density at radius 1 is 1.39 bits per heavy atom. The maximum absolute atomic E-state index is 11.8. The number of carbonyl (C=O) groups is 1. The van der Waals surface area contributed by atoms with Crippen LogP contribution < -0.4 is 5.32 Å². The molecule has 0 aliphatic heterocycles. The first-order chi connectivity index (χ1) is 8.58. The lowest BCUT2D eigenvalue weighted by atomic mass is 10.3. The Labute approximate surface area is 106 Å². The third-order valence-electron chi connectivity index (χ3n) is 2.99. The molecule has 0 spiro atoms. The van der Waals surface area contributed by atoms with Gasteiger partial charge in [0, 0.05) is 31.9 Å². The van der Waals surface area contributed by atoms with Crippen LogP contribution in [0.5, 0.6) is 0 Å². The van der Waals surface area contributed by atoms with Crippen LogP contribution in [0.3, 0.4) is 0 Å². The number of hydrogen-bond acceptors (Lipinski definition) is 3. The minimum absolute atomic E-state index is 0.0269. The first-order valence-corrected chi connectivity index (χ1v) is 5.85. The van der Waals surface area contributed by atoms with Crippen molar-refractivity contribution in [2.24, 2.45) is 7.05 Å². The molecule has 0 atom stereocenters. The van der Waals surface area contributed by atoms with Gasteiger partial charge >= 0.3 is 0 Å². The summed E-state index contributed by atoms with van der Waals surface area (Å²) in [6.07, 6.45) is 3.79. The largest absolute Gasteiger partial charge is 0.323 e. The van der Waals surface area contributed by atoms with Crippen molar-refractivity contribution >= 4 is 11.6 Å². The van der Waals surface area contributed by atoms with Gasteiger partial charge in [-0.15, -0.1) is 0 Å². The normalized spacial score (nSPS) is 10.6. The van der Waals surface area contributed by atoms with Crippen LogP contribution in [-0.4, -0.2) is 25.5 Å². The summed E-state index contributed by atoms with van der Waals surface area (Å²) in [7, 11) is 1.85. The van der Waals surface area contributed by atoms with Crippen LogP contribution in [0.2, 0.25) is 0 Å². The highest BCUT2D eigenvalue weighted by Crippen LogP contribution is 2.12. The molecule has 6 heteroatoms. The molecule has 2 rings (SSSR count). The zero-order valence-corrected chi connectivity index (χ0v) is 10.8. The molecule has 0 aromatic carbocycles. The number of nitrogens with zero attached hydrogens (tertiary/aromatic N) is 4. The molecule has 2 aromatic rings. The van der Waals surface area contributed by atoms with Crippen molar-refractivity contribution in [2.75, 3.05) is 5.32 Å². The summed E-state index contributed by atoms with van der Waals surface area (Å²) in [6.45, 7) is 4.47. The summed E-state index contributed by atoms with van der Waals surface area (Å²) >= 11 is 0. The van der Waals surface area contributed by atoms with E-state index in [0.29, 0.717) is 13.0 Å². The molecular formula is C12H17N5O. The fourth-order valence-corrected chi connectivity index (χ4v) is 1.67. The highest BCUT2D eigenvalue weighted by Gasteiger charge is 2.08. The smallest absolute Gasteiger partial charge is 0.226 e. The SMILES string of the molecule is Cc1c(NC(=O)CCn2nccc2C)cnn1C. The summed E-state index contributed by atoms with van der Waals surface area (Å²) in [4.78, 5) is 11.8. The maximum atomic E-state index is 11.8. The van der Waals surface area contributed by atoms with E-state index in [2.05, 4.69) is 15.5 Å². The Morgan fingerprint density at radius 2 is 2.17 bits per heavy atom. The lowest BCUT2D eigenvalue weighted by molar-refractivity contribution is -0.116. The summed E-state index contributed by atoms with van der Waals surface area (Å²) in [5.74, 6) is -0.0269. The predicted molar refractivity (Wildman–Crippen MR) is 68.2 cm³/mol. The Balaban J connectivity index is 1.90. The van der Waals surface area contributed by atoms with E-state index >= 15 is 0 Å². The lowest BCUT2D eigenvalue weighted by Crippen LogP contribution is -2.15. The van der Waals surface area contributed by atoms with Crippen molar-refractivity contribution in [3.8, 4) is 0 Å². The number of amides is 1. The molecule has 0 aliphatic rings. The van der Waals surface area contributed by atoms with Gasteiger partial charge < -0.3 is 5.32 Å². The predicted octanol–water partition coefficient (Wildman–Crippen LogP) is 1.26. The Hall–Kier alpha value is -2.11. The van der Waals surface area contributed by atoms with Crippen molar-refractivity contribution in [2.45, 2.75) is 26.8 Å². The van der Waals surface area contributed by atoms with E-state index in [1.54, 1.807) is 17.1 Å². The second-order valence-corrected chi connectivity index (χ2v) is 4.26. The summed E-state index contributed by atoms with van der Waals surface area (Å²) in [5.41, 5.74) is 2.76. The van der Waals surface area contributed by atoms with E-state index in [4.69, 9.17) is 0 Å². The van der Waals surface area contributed by atoms with Gasteiger partial charge in [-0.1, -0.05) is 0 Å². The van der Waals surface area contributed by atoms with Crippen LogP contribution in [0, 0.1) is 13.8 Å². The van der Waals surface area contributed by atoms with E-state index in [1.165, 1.54) is 0 Å². The average Bonchev–Trinajstić information content (AvgIpc) is 2.88. The van der Waals surface area contributed by atoms with Gasteiger partial charge in [0.1, 0.15) is 0 Å². The first kappa shape index (κ1) is 12.3. The van der Waals surface area contributed by atoms with Crippen LogP contribution in [0.15, 0.2) is 18.5 Å². The second-order valence-electron chi connectivity index (χ2n) is 4.26. The minimum atomic E-state index is -0.0269. The van der Waals surface area contributed by atoms with Crippen molar-refractivity contribution in [3.05, 3.63) is 29.8 Å². The highest BCUT2D eigenvalue weighted by atomic mass is 16.1. The van der Waals surface area contributed by atoms with E-state index < -0.39 is 0 Å². The third-order valence-corrected chi connectivity index (χ3v) is 2.99. The number of carbonyl (C=O) groups excluding carboxylic acids is 1. The molecule has 1 N–H and O–H groups in total. The lowest BCUT2D eigenvalue weighted by Gasteiger charge is -2.06. The van der Waals surface area contributed by atoms with Gasteiger partial charge in [0.05, 0.1) is 17.6 Å². The van der Waals surface area contributed by atoms with Crippen LogP contribution in [-0.2, 0) is 18.4 Å². The summed E-state index contributed by atoms with van der Waals surface area (Å²) in [6, 6.07) is 1.92. The molecule has 0 aliphatic carbocycles. The first-order valence-electron chi connectivity index (χ1n) is 5.85. The van der Waals surface area contributed by atoms with Crippen LogP contribution in [0.4, 0.5) is 5.69 Å². The quantitative estimate of drug-likeness (QED) is 0.884.